The first kappa shape index (κ1) is 15.4. The van der Waals surface area contributed by atoms with Crippen molar-refractivity contribution in [3.05, 3.63) is 52.5 Å². The molecular weight excluding hydrogens is 332 g/mol. The second kappa shape index (κ2) is 6.63. The van der Waals surface area contributed by atoms with Gasteiger partial charge >= 0.3 is 0 Å². The molecule has 1 unspecified atom stereocenters. The molecule has 5 heteroatoms. The summed E-state index contributed by atoms with van der Waals surface area (Å²) in [5, 5.41) is 2.76. The fraction of sp³-hybridized carbons (Fsp3) is 0.188. The van der Waals surface area contributed by atoms with Gasteiger partial charge in [-0.25, -0.2) is 0 Å². The summed E-state index contributed by atoms with van der Waals surface area (Å²) in [5.74, 6) is 0.442. The minimum absolute atomic E-state index is 0.241. The molecule has 1 amide bonds. The van der Waals surface area contributed by atoms with Crippen molar-refractivity contribution in [2.24, 2.45) is 0 Å². The van der Waals surface area contributed by atoms with E-state index in [0.717, 1.165) is 10.0 Å². The number of halogens is 1. The SMILES string of the molecule is Cc1cc(Br)ccc1OC(C)C(=O)Nc1ccccc1N. The molecule has 0 aromatic heterocycles. The number of rotatable bonds is 4. The highest BCUT2D eigenvalue weighted by Gasteiger charge is 2.16. The van der Waals surface area contributed by atoms with Crippen molar-refractivity contribution >= 4 is 33.2 Å². The third-order valence-electron chi connectivity index (χ3n) is 3.03. The Morgan fingerprint density at radius 2 is 2.00 bits per heavy atom. The van der Waals surface area contributed by atoms with E-state index in [2.05, 4.69) is 21.2 Å². The molecule has 0 fully saturated rings. The van der Waals surface area contributed by atoms with Crippen LogP contribution in [0.25, 0.3) is 0 Å². The Hall–Kier alpha value is -2.01. The van der Waals surface area contributed by atoms with Crippen molar-refractivity contribution in [1.29, 1.82) is 0 Å². The van der Waals surface area contributed by atoms with Crippen LogP contribution in [0, 0.1) is 6.92 Å². The average Bonchev–Trinajstić information content (AvgIpc) is 2.44. The van der Waals surface area contributed by atoms with Crippen LogP contribution < -0.4 is 15.8 Å². The number of hydrogen-bond acceptors (Lipinski definition) is 3. The number of aryl methyl sites for hydroxylation is 1. The molecule has 1 atom stereocenters. The van der Waals surface area contributed by atoms with Crippen LogP contribution in [0.15, 0.2) is 46.9 Å². The van der Waals surface area contributed by atoms with Crippen molar-refractivity contribution in [3.63, 3.8) is 0 Å². The normalized spacial score (nSPS) is 11.8. The van der Waals surface area contributed by atoms with Gasteiger partial charge in [0.1, 0.15) is 5.75 Å². The number of nitrogen functional groups attached to an aromatic ring is 1. The largest absolute Gasteiger partial charge is 0.481 e. The van der Waals surface area contributed by atoms with Crippen molar-refractivity contribution in [2.75, 3.05) is 11.1 Å². The molecule has 3 N–H and O–H groups in total. The van der Waals surface area contributed by atoms with E-state index in [1.54, 1.807) is 19.1 Å². The zero-order chi connectivity index (χ0) is 15.4. The highest BCUT2D eigenvalue weighted by Crippen LogP contribution is 2.24. The Labute approximate surface area is 132 Å². The van der Waals surface area contributed by atoms with Crippen LogP contribution in [0.1, 0.15) is 12.5 Å². The summed E-state index contributed by atoms with van der Waals surface area (Å²) in [6, 6.07) is 12.8. The molecule has 0 aliphatic carbocycles. The maximum atomic E-state index is 12.1. The van der Waals surface area contributed by atoms with Gasteiger partial charge < -0.3 is 15.8 Å². The summed E-state index contributed by atoms with van der Waals surface area (Å²) in [5.41, 5.74) is 7.88. The topological polar surface area (TPSA) is 64.3 Å². The summed E-state index contributed by atoms with van der Waals surface area (Å²) in [7, 11) is 0. The number of amides is 1. The van der Waals surface area contributed by atoms with E-state index in [1.807, 2.05) is 37.3 Å². The lowest BCUT2D eigenvalue weighted by Crippen LogP contribution is -2.30. The molecule has 0 spiro atoms. The number of carbonyl (C=O) groups is 1. The van der Waals surface area contributed by atoms with Gasteiger partial charge in [-0.05, 0) is 49.7 Å². The van der Waals surface area contributed by atoms with Gasteiger partial charge in [-0.3, -0.25) is 4.79 Å². The first-order valence-electron chi connectivity index (χ1n) is 6.55. The van der Waals surface area contributed by atoms with E-state index < -0.39 is 6.10 Å². The molecule has 0 aliphatic rings. The number of benzene rings is 2. The van der Waals surface area contributed by atoms with Gasteiger partial charge in [-0.15, -0.1) is 0 Å². The van der Waals surface area contributed by atoms with Crippen molar-refractivity contribution in [3.8, 4) is 5.75 Å². The number of nitrogens with two attached hydrogens (primary N) is 1. The van der Waals surface area contributed by atoms with Crippen molar-refractivity contribution < 1.29 is 9.53 Å². The number of carbonyl (C=O) groups excluding carboxylic acids is 1. The molecule has 0 bridgehead atoms. The molecule has 21 heavy (non-hydrogen) atoms. The summed E-state index contributed by atoms with van der Waals surface area (Å²) in [6.45, 7) is 3.63. The molecule has 110 valence electrons. The Morgan fingerprint density at radius 3 is 2.67 bits per heavy atom. The van der Waals surface area contributed by atoms with Crippen molar-refractivity contribution in [1.82, 2.24) is 0 Å². The first-order chi connectivity index (χ1) is 9.97. The Morgan fingerprint density at radius 1 is 1.29 bits per heavy atom. The lowest BCUT2D eigenvalue weighted by atomic mass is 10.2. The van der Waals surface area contributed by atoms with Gasteiger partial charge in [0.05, 0.1) is 11.4 Å². The minimum Gasteiger partial charge on any atom is -0.481 e. The average molecular weight is 349 g/mol. The van der Waals surface area contributed by atoms with E-state index in [0.29, 0.717) is 17.1 Å². The van der Waals surface area contributed by atoms with Crippen molar-refractivity contribution in [2.45, 2.75) is 20.0 Å². The summed E-state index contributed by atoms with van der Waals surface area (Å²) in [4.78, 5) is 12.1. The van der Waals surface area contributed by atoms with Gasteiger partial charge in [-0.1, -0.05) is 28.1 Å². The molecule has 0 saturated heterocycles. The molecule has 2 aromatic rings. The molecule has 2 rings (SSSR count). The molecular formula is C16H17BrN2O2. The second-order valence-electron chi connectivity index (χ2n) is 4.75. The third-order valence-corrected chi connectivity index (χ3v) is 3.52. The zero-order valence-electron chi connectivity index (χ0n) is 11.9. The quantitative estimate of drug-likeness (QED) is 0.827. The lowest BCUT2D eigenvalue weighted by Gasteiger charge is -2.17. The fourth-order valence-electron chi connectivity index (χ4n) is 1.83. The minimum atomic E-state index is -0.621. The van der Waals surface area contributed by atoms with Crippen LogP contribution in [0.4, 0.5) is 11.4 Å². The van der Waals surface area contributed by atoms with Gasteiger partial charge in [-0.2, -0.15) is 0 Å². The van der Waals surface area contributed by atoms with E-state index in [1.165, 1.54) is 0 Å². The standard InChI is InChI=1S/C16H17BrN2O2/c1-10-9-12(17)7-8-15(10)21-11(2)16(20)19-14-6-4-3-5-13(14)18/h3-9,11H,18H2,1-2H3,(H,19,20). The third kappa shape index (κ3) is 3.98. The summed E-state index contributed by atoms with van der Waals surface area (Å²) >= 11 is 3.39. The number of para-hydroxylation sites is 2. The zero-order valence-corrected chi connectivity index (χ0v) is 13.5. The van der Waals surface area contributed by atoms with Gasteiger partial charge in [0.25, 0.3) is 5.91 Å². The summed E-state index contributed by atoms with van der Waals surface area (Å²) < 4.78 is 6.67. The van der Waals surface area contributed by atoms with E-state index in [-0.39, 0.29) is 5.91 Å². The van der Waals surface area contributed by atoms with Crippen LogP contribution in [0.5, 0.6) is 5.75 Å². The predicted octanol–water partition coefficient (Wildman–Crippen LogP) is 3.75. The van der Waals surface area contributed by atoms with E-state index >= 15 is 0 Å². The smallest absolute Gasteiger partial charge is 0.265 e. The van der Waals surface area contributed by atoms with Crippen LogP contribution in [0.2, 0.25) is 0 Å². The molecule has 2 aromatic carbocycles. The maximum Gasteiger partial charge on any atom is 0.265 e. The van der Waals surface area contributed by atoms with Crippen LogP contribution in [-0.2, 0) is 4.79 Å². The molecule has 4 nitrogen and oxygen atoms in total. The Kier molecular flexibility index (Phi) is 4.85. The Bertz CT molecular complexity index is 658. The van der Waals surface area contributed by atoms with Gasteiger partial charge in [0.15, 0.2) is 6.10 Å². The number of ether oxygens (including phenoxy) is 1. The molecule has 0 saturated carbocycles. The molecule has 0 heterocycles. The van der Waals surface area contributed by atoms with Gasteiger partial charge in [0.2, 0.25) is 0 Å². The maximum absolute atomic E-state index is 12.1. The van der Waals surface area contributed by atoms with Crippen LogP contribution >= 0.6 is 15.9 Å². The summed E-state index contributed by atoms with van der Waals surface area (Å²) in [6.07, 6.45) is -0.621. The molecule has 0 aliphatic heterocycles. The number of hydrogen-bond donors (Lipinski definition) is 2. The number of nitrogens with one attached hydrogen (secondary N) is 1. The Balaban J connectivity index is 2.04. The monoisotopic (exact) mass is 348 g/mol. The lowest BCUT2D eigenvalue weighted by molar-refractivity contribution is -0.122. The van der Waals surface area contributed by atoms with Crippen LogP contribution in [-0.4, -0.2) is 12.0 Å². The number of anilines is 2. The van der Waals surface area contributed by atoms with E-state index in [9.17, 15) is 4.79 Å². The first-order valence-corrected chi connectivity index (χ1v) is 7.35. The second-order valence-corrected chi connectivity index (χ2v) is 5.66. The highest BCUT2D eigenvalue weighted by molar-refractivity contribution is 9.10. The van der Waals surface area contributed by atoms with Crippen LogP contribution in [0.3, 0.4) is 0 Å². The van der Waals surface area contributed by atoms with Gasteiger partial charge in [0, 0.05) is 4.47 Å². The predicted molar refractivity (Wildman–Crippen MR) is 88.5 cm³/mol. The van der Waals surface area contributed by atoms with E-state index in [4.69, 9.17) is 10.5 Å². The molecule has 0 radical (unpaired) electrons. The fourth-order valence-corrected chi connectivity index (χ4v) is 2.31. The highest BCUT2D eigenvalue weighted by atomic mass is 79.9.